The smallest absolute Gasteiger partial charge is 0.157 e. The number of aromatic hydroxyl groups is 1. The van der Waals surface area contributed by atoms with E-state index < -0.39 is 5.60 Å². The number of phenolic OH excluding ortho intramolecular Hbond substituents is 1. The van der Waals surface area contributed by atoms with Crippen molar-refractivity contribution in [1.29, 1.82) is 0 Å². The fourth-order valence-electron chi connectivity index (χ4n) is 3.13. The molecule has 0 aliphatic carbocycles. The maximum atomic E-state index is 11.7. The van der Waals surface area contributed by atoms with Gasteiger partial charge in [-0.25, -0.2) is 4.98 Å². The zero-order valence-electron chi connectivity index (χ0n) is 13.5. The van der Waals surface area contributed by atoms with E-state index in [0.29, 0.717) is 11.2 Å². The fourth-order valence-corrected chi connectivity index (χ4v) is 3.13. The first-order valence-electron chi connectivity index (χ1n) is 8.11. The summed E-state index contributed by atoms with van der Waals surface area (Å²) in [5.41, 5.74) is 1.27. The molecule has 0 amide bonds. The first-order valence-corrected chi connectivity index (χ1v) is 8.11. The molecule has 0 aliphatic rings. The average molecular weight is 327 g/mol. The third kappa shape index (κ3) is 2.65. The summed E-state index contributed by atoms with van der Waals surface area (Å²) in [4.78, 5) is 4.65. The zero-order valence-corrected chi connectivity index (χ0v) is 13.5. The molecule has 2 N–H and O–H groups in total. The van der Waals surface area contributed by atoms with Gasteiger partial charge in [-0.15, -0.1) is 0 Å². The Labute approximate surface area is 145 Å². The molecule has 0 aliphatic heterocycles. The second-order valence-corrected chi connectivity index (χ2v) is 6.02. The van der Waals surface area contributed by atoms with Crippen LogP contribution in [0.3, 0.4) is 0 Å². The number of nitrogens with zero attached hydrogens (tertiary/aromatic N) is 1. The van der Waals surface area contributed by atoms with Gasteiger partial charge in [-0.3, -0.25) is 0 Å². The molecule has 0 atom stereocenters. The Hall–Kier alpha value is -3.17. The van der Waals surface area contributed by atoms with Gasteiger partial charge in [-0.2, -0.15) is 0 Å². The summed E-state index contributed by atoms with van der Waals surface area (Å²) in [7, 11) is 0. The lowest BCUT2D eigenvalue weighted by molar-refractivity contribution is 0.121. The Morgan fingerprint density at radius 2 is 1.24 bits per heavy atom. The molecule has 122 valence electrons. The Morgan fingerprint density at radius 3 is 1.84 bits per heavy atom. The predicted octanol–water partition coefficient (Wildman–Crippen LogP) is 4.22. The summed E-state index contributed by atoms with van der Waals surface area (Å²) in [6.45, 7) is 0. The minimum atomic E-state index is -1.37. The van der Waals surface area contributed by atoms with Gasteiger partial charge in [0.2, 0.25) is 0 Å². The van der Waals surface area contributed by atoms with Gasteiger partial charge >= 0.3 is 0 Å². The Balaban J connectivity index is 1.98. The second-order valence-electron chi connectivity index (χ2n) is 6.02. The Bertz CT molecular complexity index is 974. The van der Waals surface area contributed by atoms with Crippen LogP contribution in [0.5, 0.6) is 5.75 Å². The fraction of sp³-hybridized carbons (Fsp3) is 0.0455. The van der Waals surface area contributed by atoms with Crippen molar-refractivity contribution < 1.29 is 10.2 Å². The summed E-state index contributed by atoms with van der Waals surface area (Å²) in [6.07, 6.45) is 0. The second kappa shape index (κ2) is 6.04. The molecule has 4 rings (SSSR count). The molecule has 0 bridgehead atoms. The molecular formula is C22H17NO2. The molecule has 25 heavy (non-hydrogen) atoms. The number of pyridine rings is 1. The van der Waals surface area contributed by atoms with Crippen LogP contribution in [-0.2, 0) is 5.60 Å². The van der Waals surface area contributed by atoms with Crippen LogP contribution in [0.4, 0.5) is 0 Å². The lowest BCUT2D eigenvalue weighted by Gasteiger charge is -2.29. The van der Waals surface area contributed by atoms with Crippen LogP contribution in [0.15, 0.2) is 91.0 Å². The van der Waals surface area contributed by atoms with Crippen molar-refractivity contribution in [1.82, 2.24) is 4.98 Å². The Morgan fingerprint density at radius 1 is 0.680 bits per heavy atom. The molecule has 4 aromatic rings. The summed E-state index contributed by atoms with van der Waals surface area (Å²) in [6, 6.07) is 27.8. The number of hydrogen-bond donors (Lipinski definition) is 2. The van der Waals surface area contributed by atoms with E-state index in [1.807, 2.05) is 78.9 Å². The lowest BCUT2D eigenvalue weighted by Crippen LogP contribution is -2.30. The maximum absolute atomic E-state index is 11.7. The third-order valence-electron chi connectivity index (χ3n) is 4.43. The maximum Gasteiger partial charge on any atom is 0.157 e. The van der Waals surface area contributed by atoms with E-state index in [-0.39, 0.29) is 5.75 Å². The lowest BCUT2D eigenvalue weighted by atomic mass is 9.83. The molecular weight excluding hydrogens is 310 g/mol. The summed E-state index contributed by atoms with van der Waals surface area (Å²) >= 11 is 0. The third-order valence-corrected chi connectivity index (χ3v) is 4.43. The molecule has 0 saturated heterocycles. The number of aromatic nitrogens is 1. The van der Waals surface area contributed by atoms with E-state index in [1.165, 1.54) is 0 Å². The van der Waals surface area contributed by atoms with Gasteiger partial charge in [-0.05, 0) is 29.3 Å². The van der Waals surface area contributed by atoms with Gasteiger partial charge in [0.25, 0.3) is 0 Å². The van der Waals surface area contributed by atoms with E-state index in [1.54, 1.807) is 12.1 Å². The Kier molecular flexibility index (Phi) is 3.71. The molecule has 0 fully saturated rings. The monoisotopic (exact) mass is 327 g/mol. The van der Waals surface area contributed by atoms with E-state index in [2.05, 4.69) is 4.98 Å². The van der Waals surface area contributed by atoms with Gasteiger partial charge in [0, 0.05) is 11.5 Å². The molecule has 1 heterocycles. The highest BCUT2D eigenvalue weighted by molar-refractivity contribution is 5.80. The van der Waals surface area contributed by atoms with Crippen LogP contribution in [-0.4, -0.2) is 15.2 Å². The highest BCUT2D eigenvalue weighted by atomic mass is 16.3. The van der Waals surface area contributed by atoms with E-state index in [4.69, 9.17) is 0 Å². The SMILES string of the molecule is Oc1ccc2ccc(C(O)(c3ccccc3)c3ccccc3)nc2c1. The van der Waals surface area contributed by atoms with E-state index >= 15 is 0 Å². The van der Waals surface area contributed by atoms with Crippen molar-refractivity contribution in [2.45, 2.75) is 5.60 Å². The summed E-state index contributed by atoms with van der Waals surface area (Å²) in [5.74, 6) is 0.153. The van der Waals surface area contributed by atoms with Gasteiger partial charge in [0.15, 0.2) is 5.60 Å². The average Bonchev–Trinajstić information content (AvgIpc) is 2.68. The van der Waals surface area contributed by atoms with Crippen molar-refractivity contribution in [2.24, 2.45) is 0 Å². The number of benzene rings is 3. The molecule has 3 heteroatoms. The van der Waals surface area contributed by atoms with Crippen molar-refractivity contribution in [3.05, 3.63) is 108 Å². The van der Waals surface area contributed by atoms with Gasteiger partial charge in [0.05, 0.1) is 11.2 Å². The van der Waals surface area contributed by atoms with Crippen LogP contribution in [0.1, 0.15) is 16.8 Å². The molecule has 0 unspecified atom stereocenters. The number of hydrogen-bond acceptors (Lipinski definition) is 3. The number of rotatable bonds is 3. The topological polar surface area (TPSA) is 53.4 Å². The normalized spacial score (nSPS) is 11.6. The first kappa shape index (κ1) is 15.4. The largest absolute Gasteiger partial charge is 0.508 e. The predicted molar refractivity (Wildman–Crippen MR) is 98.4 cm³/mol. The van der Waals surface area contributed by atoms with Crippen molar-refractivity contribution in [3.63, 3.8) is 0 Å². The summed E-state index contributed by atoms with van der Waals surface area (Å²) < 4.78 is 0. The van der Waals surface area contributed by atoms with Crippen LogP contribution in [0, 0.1) is 0 Å². The van der Waals surface area contributed by atoms with Gasteiger partial charge in [-0.1, -0.05) is 66.7 Å². The van der Waals surface area contributed by atoms with Crippen molar-refractivity contribution in [2.75, 3.05) is 0 Å². The standard InChI is InChI=1S/C22H17NO2/c24-19-13-11-16-12-14-21(23-20(16)15-19)22(25,17-7-3-1-4-8-17)18-9-5-2-6-10-18/h1-15,24-25H. The van der Waals surface area contributed by atoms with Crippen molar-refractivity contribution in [3.8, 4) is 5.75 Å². The number of fused-ring (bicyclic) bond motifs is 1. The van der Waals surface area contributed by atoms with E-state index in [0.717, 1.165) is 16.5 Å². The minimum absolute atomic E-state index is 0.153. The summed E-state index contributed by atoms with van der Waals surface area (Å²) in [5, 5.41) is 22.4. The molecule has 3 nitrogen and oxygen atoms in total. The van der Waals surface area contributed by atoms with Crippen LogP contribution >= 0.6 is 0 Å². The number of phenols is 1. The van der Waals surface area contributed by atoms with E-state index in [9.17, 15) is 10.2 Å². The zero-order chi connectivity index (χ0) is 17.3. The minimum Gasteiger partial charge on any atom is -0.508 e. The molecule has 0 spiro atoms. The quantitative estimate of drug-likeness (QED) is 0.592. The molecule has 1 aromatic heterocycles. The molecule has 3 aromatic carbocycles. The number of aliphatic hydroxyl groups is 1. The highest BCUT2D eigenvalue weighted by Crippen LogP contribution is 2.36. The molecule has 0 radical (unpaired) electrons. The molecule has 0 saturated carbocycles. The van der Waals surface area contributed by atoms with Crippen LogP contribution in [0.25, 0.3) is 10.9 Å². The van der Waals surface area contributed by atoms with Crippen molar-refractivity contribution >= 4 is 10.9 Å². The van der Waals surface area contributed by atoms with Crippen LogP contribution < -0.4 is 0 Å². The first-order chi connectivity index (χ1) is 12.2. The van der Waals surface area contributed by atoms with Gasteiger partial charge < -0.3 is 10.2 Å². The highest BCUT2D eigenvalue weighted by Gasteiger charge is 2.35. The van der Waals surface area contributed by atoms with Gasteiger partial charge in [0.1, 0.15) is 5.75 Å². The van der Waals surface area contributed by atoms with Crippen LogP contribution in [0.2, 0.25) is 0 Å².